The minimum absolute atomic E-state index is 0. The number of nitrogens with zero attached hydrogens (tertiary/aromatic N) is 1. The van der Waals surface area contributed by atoms with Crippen molar-refractivity contribution in [2.24, 2.45) is 0 Å². The number of hydrogen-bond acceptors (Lipinski definition) is 12. The summed E-state index contributed by atoms with van der Waals surface area (Å²) in [4.78, 5) is 54.3. The Morgan fingerprint density at radius 3 is 1.38 bits per heavy atom. The first-order valence-electron chi connectivity index (χ1n) is 15.1. The largest absolute Gasteiger partial charge is 1.00 e. The van der Waals surface area contributed by atoms with Gasteiger partial charge in [-0.25, -0.2) is 14.4 Å². The topological polar surface area (TPSA) is 150 Å². The van der Waals surface area contributed by atoms with E-state index in [1.54, 1.807) is 35.2 Å². The fourth-order valence-corrected chi connectivity index (χ4v) is 6.58. The summed E-state index contributed by atoms with van der Waals surface area (Å²) in [6.07, 6.45) is 1.25. The predicted molar refractivity (Wildman–Crippen MR) is 194 cm³/mol. The lowest BCUT2D eigenvalue weighted by molar-refractivity contribution is -0.890. The lowest BCUT2D eigenvalue weighted by Gasteiger charge is -2.31. The van der Waals surface area contributed by atoms with Gasteiger partial charge in [-0.05, 0) is 40.2 Å². The molecule has 0 bridgehead atoms. The summed E-state index contributed by atoms with van der Waals surface area (Å²) in [5.41, 5.74) is 1.09. The van der Waals surface area contributed by atoms with Gasteiger partial charge in [-0.15, -0.1) is 33.2 Å². The van der Waals surface area contributed by atoms with Crippen LogP contribution in [0, 0.1) is 0 Å². The summed E-state index contributed by atoms with van der Waals surface area (Å²) in [7, 11) is 6.58. The van der Waals surface area contributed by atoms with Crippen LogP contribution in [0.25, 0.3) is 0 Å². The van der Waals surface area contributed by atoms with Crippen molar-refractivity contribution in [3.05, 3.63) is 36.5 Å². The first-order chi connectivity index (χ1) is 22.5. The first-order valence-corrected chi connectivity index (χ1v) is 22.3. The molecule has 0 unspecified atom stereocenters. The van der Waals surface area contributed by atoms with Crippen molar-refractivity contribution in [2.75, 3.05) is 74.9 Å². The Morgan fingerprint density at radius 2 is 1.00 bits per heavy atom. The average Bonchev–Trinajstić information content (AvgIpc) is 2.99. The first kappa shape index (κ1) is 55.0. The minimum Gasteiger partial charge on any atom is -1.00 e. The number of carbonyl (C=O) groups excluding carboxylic acids is 5. The predicted octanol–water partition coefficient (Wildman–Crippen LogP) is 2.23. The highest BCUT2D eigenvalue weighted by atomic mass is 35.8. The standard InChI is InChI=1S/C14H30NO5Si.C10H14O5.C7H11Cl3O2Si.ClH/c1-13(2)14(16)20-11-10-15(3,4)9-8-12-21(17-5,18-6)19-7;1-7(2)10(13)15-5-4-14-9(12)6-8(3)11;1-6(2)7(11)12-4-3-5-13(8,9)10;/h1,8-12H2,2-7H3;1,4-6H2,2-3H3;1,3-5H2,2H3;1H/q+1;;;/p-1. The number of carbonyl (C=O) groups is 5. The van der Waals surface area contributed by atoms with Crippen LogP contribution >= 0.6 is 33.2 Å². The summed E-state index contributed by atoms with van der Waals surface area (Å²) >= 11 is 16.9. The normalized spacial score (nSPS) is 10.8. The van der Waals surface area contributed by atoms with Crippen LogP contribution in [0.5, 0.6) is 0 Å². The van der Waals surface area contributed by atoms with E-state index in [1.165, 1.54) is 13.8 Å². The summed E-state index contributed by atoms with van der Waals surface area (Å²) in [6, 6.07) is -1.28. The molecule has 0 aromatic rings. The van der Waals surface area contributed by atoms with Gasteiger partial charge in [-0.3, -0.25) is 9.59 Å². The molecule has 0 aromatic heterocycles. The quantitative estimate of drug-likeness (QED) is 0.0230. The van der Waals surface area contributed by atoms with E-state index >= 15 is 0 Å². The van der Waals surface area contributed by atoms with Gasteiger partial charge in [0.25, 0.3) is 0 Å². The Balaban J connectivity index is -0.000000325. The number of likely N-dealkylation sites (N-methyl/N-ethyl adjacent to an activating group) is 1. The van der Waals surface area contributed by atoms with Gasteiger partial charge >= 0.3 is 38.7 Å². The Labute approximate surface area is 320 Å². The van der Waals surface area contributed by atoms with Crippen LogP contribution in [-0.4, -0.2) is 124 Å². The molecule has 292 valence electrons. The van der Waals surface area contributed by atoms with Gasteiger partial charge in [-0.1, -0.05) is 19.7 Å². The monoisotopic (exact) mass is 829 g/mol. The van der Waals surface area contributed by atoms with Crippen molar-refractivity contribution in [3.8, 4) is 0 Å². The SMILES string of the molecule is C=C(C)C(=O)OCCC[Si](Cl)(Cl)Cl.C=C(C)C(=O)OCCOC(=O)CC(C)=O.C=C(C)C(=O)OCC[N+](C)(C)CCC[Si](OC)(OC)OC.[Cl-]. The smallest absolute Gasteiger partial charge is 0.500 e. The van der Waals surface area contributed by atoms with Gasteiger partial charge < -0.3 is 49.1 Å². The molecule has 0 N–H and O–H groups in total. The van der Waals surface area contributed by atoms with Crippen LogP contribution in [0.3, 0.4) is 0 Å². The van der Waals surface area contributed by atoms with Crippen LogP contribution in [-0.2, 0) is 56.2 Å². The molecule has 0 amide bonds. The van der Waals surface area contributed by atoms with Crippen molar-refractivity contribution < 1.29 is 73.1 Å². The molecule has 0 spiro atoms. The van der Waals surface area contributed by atoms with Crippen LogP contribution in [0.1, 0.15) is 47.0 Å². The third-order valence-corrected chi connectivity index (χ3v) is 11.4. The number of rotatable bonds is 22. The lowest BCUT2D eigenvalue weighted by Crippen LogP contribution is -3.00. The highest BCUT2D eigenvalue weighted by molar-refractivity contribution is 7.64. The Morgan fingerprint density at radius 1 is 0.600 bits per heavy atom. The Kier molecular flexibility index (Phi) is 32.7. The maximum absolute atomic E-state index is 11.3. The lowest BCUT2D eigenvalue weighted by atomic mass is 10.3. The molecule has 19 heteroatoms. The van der Waals surface area contributed by atoms with E-state index in [0.29, 0.717) is 30.2 Å². The number of Topliss-reactive ketones (excluding diaryl/α,β-unsaturated/α-hetero) is 1. The zero-order valence-corrected chi connectivity index (χ0v) is 35.8. The molecule has 0 rings (SSSR count). The number of quaternary nitrogens is 1. The second kappa shape index (κ2) is 29.7. The number of esters is 4. The van der Waals surface area contributed by atoms with Gasteiger partial charge in [0.15, 0.2) is 0 Å². The van der Waals surface area contributed by atoms with E-state index in [-0.39, 0.29) is 56.0 Å². The van der Waals surface area contributed by atoms with E-state index in [2.05, 4.69) is 43.3 Å². The fraction of sp³-hybridized carbons (Fsp3) is 0.645. The van der Waals surface area contributed by atoms with E-state index in [1.807, 2.05) is 0 Å². The Hall–Kier alpha value is -1.80. The zero-order valence-electron chi connectivity index (χ0n) is 30.8. The number of ketones is 1. The van der Waals surface area contributed by atoms with Crippen LogP contribution < -0.4 is 12.4 Å². The van der Waals surface area contributed by atoms with E-state index in [0.717, 1.165) is 30.0 Å². The van der Waals surface area contributed by atoms with Gasteiger partial charge in [0, 0.05) is 50.5 Å². The molecule has 0 aromatic carbocycles. The van der Waals surface area contributed by atoms with Crippen LogP contribution in [0.4, 0.5) is 0 Å². The fourth-order valence-electron chi connectivity index (χ4n) is 3.13. The zero-order chi connectivity index (χ0) is 38.8. The van der Waals surface area contributed by atoms with Crippen LogP contribution in [0.15, 0.2) is 36.5 Å². The summed E-state index contributed by atoms with van der Waals surface area (Å²) in [5.74, 6) is -2.14. The van der Waals surface area contributed by atoms with Crippen molar-refractivity contribution in [2.45, 2.75) is 59.0 Å². The highest BCUT2D eigenvalue weighted by Crippen LogP contribution is 2.26. The molecule has 13 nitrogen and oxygen atoms in total. The van der Waals surface area contributed by atoms with Crippen molar-refractivity contribution in [1.29, 1.82) is 0 Å². The second-order valence-electron chi connectivity index (χ2n) is 11.3. The summed E-state index contributed by atoms with van der Waals surface area (Å²) in [5, 5.41) is 0. The summed E-state index contributed by atoms with van der Waals surface area (Å²) in [6.45, 7) is 18.7. The Bertz CT molecular complexity index is 1090. The summed E-state index contributed by atoms with van der Waals surface area (Å²) < 4.78 is 36.2. The number of hydrogen-bond donors (Lipinski definition) is 0. The van der Waals surface area contributed by atoms with Gasteiger partial charge in [0.2, 0.25) is 0 Å². The van der Waals surface area contributed by atoms with Crippen molar-refractivity contribution >= 4 is 77.7 Å². The minimum atomic E-state index is -2.55. The third kappa shape index (κ3) is 33.4. The molecule has 50 heavy (non-hydrogen) atoms. The molecule has 0 radical (unpaired) electrons. The highest BCUT2D eigenvalue weighted by Gasteiger charge is 2.37. The molecular formula is C31H55Cl4NO12Si2. The molecule has 0 fully saturated rings. The maximum Gasteiger partial charge on any atom is 0.500 e. The molecule has 0 heterocycles. The molecule has 0 aliphatic heterocycles. The molecule has 0 aliphatic carbocycles. The third-order valence-electron chi connectivity index (χ3n) is 5.97. The number of ether oxygens (including phenoxy) is 4. The molecular weight excluding hydrogens is 776 g/mol. The van der Waals surface area contributed by atoms with Crippen LogP contribution in [0.2, 0.25) is 12.1 Å². The van der Waals surface area contributed by atoms with E-state index in [4.69, 9.17) is 56.0 Å². The molecule has 0 atom stereocenters. The molecule has 0 saturated heterocycles. The molecule has 0 saturated carbocycles. The van der Waals surface area contributed by atoms with Crippen molar-refractivity contribution in [3.63, 3.8) is 0 Å². The second-order valence-corrected chi connectivity index (χ2v) is 23.7. The maximum atomic E-state index is 11.3. The average molecular weight is 832 g/mol. The van der Waals surface area contributed by atoms with E-state index < -0.39 is 32.7 Å². The van der Waals surface area contributed by atoms with Crippen molar-refractivity contribution in [1.82, 2.24) is 0 Å². The number of halogens is 4. The van der Waals surface area contributed by atoms with Gasteiger partial charge in [0.1, 0.15) is 38.6 Å². The van der Waals surface area contributed by atoms with Gasteiger partial charge in [-0.2, -0.15) is 0 Å². The van der Waals surface area contributed by atoms with E-state index in [9.17, 15) is 24.0 Å². The van der Waals surface area contributed by atoms with Gasteiger partial charge in [0.05, 0.1) is 27.2 Å². The molecule has 0 aliphatic rings.